The fraction of sp³-hybridized carbons (Fsp3) is 0.167. The van der Waals surface area contributed by atoms with Gasteiger partial charge in [0.15, 0.2) is 0 Å². The zero-order valence-electron chi connectivity index (χ0n) is 13.6. The first-order valence-electron chi connectivity index (χ1n) is 7.38. The van der Waals surface area contributed by atoms with Crippen LogP contribution < -0.4 is 15.4 Å². The number of rotatable bonds is 6. The molecular formula is C18H19N3O3. The van der Waals surface area contributed by atoms with E-state index in [9.17, 15) is 9.59 Å². The number of hydrogen-bond acceptors (Lipinski definition) is 4. The smallest absolute Gasteiger partial charge is 0.251 e. The quantitative estimate of drug-likeness (QED) is 0.712. The maximum absolute atomic E-state index is 12.1. The van der Waals surface area contributed by atoms with Crippen LogP contribution >= 0.6 is 0 Å². The van der Waals surface area contributed by atoms with E-state index < -0.39 is 0 Å². The normalized spacial score (nSPS) is 9.92. The molecule has 0 aliphatic rings. The van der Waals surface area contributed by atoms with Crippen LogP contribution in [0.4, 0.5) is 5.69 Å². The van der Waals surface area contributed by atoms with E-state index in [1.807, 2.05) is 0 Å². The van der Waals surface area contributed by atoms with Gasteiger partial charge in [-0.05, 0) is 30.3 Å². The zero-order chi connectivity index (χ0) is 17.5. The molecule has 0 saturated heterocycles. The molecule has 0 bridgehead atoms. The molecule has 0 radical (unpaired) electrons. The van der Waals surface area contributed by atoms with Crippen LogP contribution in [0.3, 0.4) is 0 Å². The molecule has 0 fully saturated rings. The van der Waals surface area contributed by atoms with Crippen LogP contribution in [0.1, 0.15) is 22.3 Å². The summed E-state index contributed by atoms with van der Waals surface area (Å²) in [7, 11) is 3.10. The number of hydrogen-bond donors (Lipinski definition) is 3. The number of nitrogens with one attached hydrogen (secondary N) is 3. The maximum atomic E-state index is 12.1. The van der Waals surface area contributed by atoms with Crippen LogP contribution in [0.5, 0.6) is 5.75 Å². The van der Waals surface area contributed by atoms with E-state index in [1.165, 1.54) is 7.05 Å². The van der Waals surface area contributed by atoms with Gasteiger partial charge in [0, 0.05) is 29.6 Å². The van der Waals surface area contributed by atoms with Crippen molar-refractivity contribution in [3.05, 3.63) is 59.7 Å². The van der Waals surface area contributed by atoms with E-state index in [1.54, 1.807) is 55.6 Å². The molecule has 0 heterocycles. The van der Waals surface area contributed by atoms with Gasteiger partial charge in [-0.25, -0.2) is 0 Å². The highest BCUT2D eigenvalue weighted by molar-refractivity contribution is 6.16. The number of methoxy groups -OCH3 is 1. The van der Waals surface area contributed by atoms with E-state index in [2.05, 4.69) is 10.6 Å². The second-order valence-electron chi connectivity index (χ2n) is 5.06. The molecule has 0 aliphatic carbocycles. The monoisotopic (exact) mass is 325 g/mol. The molecule has 2 aromatic rings. The molecule has 2 rings (SSSR count). The minimum atomic E-state index is -0.322. The molecule has 0 spiro atoms. The van der Waals surface area contributed by atoms with Gasteiger partial charge in [0.05, 0.1) is 13.5 Å². The van der Waals surface area contributed by atoms with Gasteiger partial charge in [-0.3, -0.25) is 9.59 Å². The summed E-state index contributed by atoms with van der Waals surface area (Å²) in [5.74, 6) is 0.0861. The second-order valence-corrected chi connectivity index (χ2v) is 5.06. The molecule has 2 amide bonds. The van der Waals surface area contributed by atoms with Gasteiger partial charge in [0.25, 0.3) is 5.91 Å². The van der Waals surface area contributed by atoms with E-state index in [4.69, 9.17) is 10.1 Å². The summed E-state index contributed by atoms with van der Waals surface area (Å²) in [5.41, 5.74) is 1.53. The van der Waals surface area contributed by atoms with Crippen LogP contribution in [-0.2, 0) is 4.79 Å². The molecule has 0 unspecified atom stereocenters. The molecule has 2 aromatic carbocycles. The van der Waals surface area contributed by atoms with Crippen molar-refractivity contribution in [2.45, 2.75) is 6.42 Å². The Labute approximate surface area is 140 Å². The van der Waals surface area contributed by atoms with Crippen molar-refractivity contribution in [2.75, 3.05) is 19.5 Å². The highest BCUT2D eigenvalue weighted by Gasteiger charge is 2.15. The van der Waals surface area contributed by atoms with Crippen LogP contribution in [0.2, 0.25) is 0 Å². The summed E-state index contributed by atoms with van der Waals surface area (Å²) >= 11 is 0. The number of benzene rings is 2. The van der Waals surface area contributed by atoms with Gasteiger partial charge in [0.2, 0.25) is 5.91 Å². The van der Waals surface area contributed by atoms with Crippen molar-refractivity contribution in [3.8, 4) is 5.75 Å². The van der Waals surface area contributed by atoms with E-state index in [0.29, 0.717) is 22.6 Å². The summed E-state index contributed by atoms with van der Waals surface area (Å²) in [6.07, 6.45) is -0.125. The molecule has 0 aliphatic heterocycles. The van der Waals surface area contributed by atoms with Gasteiger partial charge in [0.1, 0.15) is 5.75 Å². The average Bonchev–Trinajstić information content (AvgIpc) is 2.61. The third-order valence-electron chi connectivity index (χ3n) is 3.43. The van der Waals surface area contributed by atoms with Gasteiger partial charge in [-0.15, -0.1) is 0 Å². The Bertz CT molecular complexity index is 754. The van der Waals surface area contributed by atoms with Crippen LogP contribution in [0, 0.1) is 5.41 Å². The first kappa shape index (κ1) is 17.2. The zero-order valence-corrected chi connectivity index (χ0v) is 13.6. The fourth-order valence-electron chi connectivity index (χ4n) is 2.21. The first-order valence-corrected chi connectivity index (χ1v) is 7.38. The molecule has 6 heteroatoms. The van der Waals surface area contributed by atoms with Crippen molar-refractivity contribution in [1.82, 2.24) is 5.32 Å². The van der Waals surface area contributed by atoms with Crippen molar-refractivity contribution < 1.29 is 14.3 Å². The summed E-state index contributed by atoms with van der Waals surface area (Å²) in [6, 6.07) is 13.7. The van der Waals surface area contributed by atoms with Gasteiger partial charge in [-0.1, -0.05) is 18.2 Å². The highest BCUT2D eigenvalue weighted by Crippen LogP contribution is 2.16. The molecule has 124 valence electrons. The minimum Gasteiger partial charge on any atom is -0.497 e. The number of carbonyl (C=O) groups is 2. The van der Waals surface area contributed by atoms with E-state index in [0.717, 1.165) is 0 Å². The Morgan fingerprint density at radius 1 is 1.04 bits per heavy atom. The summed E-state index contributed by atoms with van der Waals surface area (Å²) in [6.45, 7) is 0. The van der Waals surface area contributed by atoms with Crippen LogP contribution in [0.25, 0.3) is 0 Å². The molecule has 3 N–H and O–H groups in total. The molecule has 24 heavy (non-hydrogen) atoms. The Balaban J connectivity index is 2.06. The van der Waals surface area contributed by atoms with Gasteiger partial charge >= 0.3 is 0 Å². The molecule has 6 nitrogen and oxygen atoms in total. The topological polar surface area (TPSA) is 91.3 Å². The Kier molecular flexibility index (Phi) is 5.68. The van der Waals surface area contributed by atoms with Crippen LogP contribution in [0.15, 0.2) is 48.5 Å². The van der Waals surface area contributed by atoms with E-state index in [-0.39, 0.29) is 23.9 Å². The summed E-state index contributed by atoms with van der Waals surface area (Å²) in [5, 5.41) is 13.4. The number of carbonyl (C=O) groups excluding carboxylic acids is 2. The first-order chi connectivity index (χ1) is 11.5. The van der Waals surface area contributed by atoms with Gasteiger partial charge < -0.3 is 20.8 Å². The summed E-state index contributed by atoms with van der Waals surface area (Å²) in [4.78, 5) is 24.0. The number of amides is 2. The van der Waals surface area contributed by atoms with Crippen molar-refractivity contribution in [2.24, 2.45) is 0 Å². The minimum absolute atomic E-state index is 0.0835. The lowest BCUT2D eigenvalue weighted by atomic mass is 10.00. The predicted molar refractivity (Wildman–Crippen MR) is 92.9 cm³/mol. The molecule has 0 atom stereocenters. The Morgan fingerprint density at radius 2 is 1.67 bits per heavy atom. The lowest BCUT2D eigenvalue weighted by Crippen LogP contribution is -2.23. The fourth-order valence-corrected chi connectivity index (χ4v) is 2.21. The Morgan fingerprint density at radius 3 is 2.25 bits per heavy atom. The van der Waals surface area contributed by atoms with Crippen LogP contribution in [-0.4, -0.2) is 31.7 Å². The third kappa shape index (κ3) is 4.19. The lowest BCUT2D eigenvalue weighted by Gasteiger charge is -2.10. The maximum Gasteiger partial charge on any atom is 0.251 e. The van der Waals surface area contributed by atoms with Crippen molar-refractivity contribution >= 4 is 23.2 Å². The highest BCUT2D eigenvalue weighted by atomic mass is 16.5. The molecule has 0 saturated carbocycles. The standard InChI is InChI=1S/C18H19N3O3/c1-20-18(23)15-6-4-3-5-14(15)16(19)11-17(22)21-12-7-9-13(24-2)10-8-12/h3-10,19H,11H2,1-2H3,(H,20,23)(H,21,22). The van der Waals surface area contributed by atoms with Crippen molar-refractivity contribution in [3.63, 3.8) is 0 Å². The molecule has 0 aromatic heterocycles. The predicted octanol–water partition coefficient (Wildman–Crippen LogP) is 2.45. The average molecular weight is 325 g/mol. The van der Waals surface area contributed by atoms with Gasteiger partial charge in [-0.2, -0.15) is 0 Å². The lowest BCUT2D eigenvalue weighted by molar-refractivity contribution is -0.115. The third-order valence-corrected chi connectivity index (χ3v) is 3.43. The number of ether oxygens (including phenoxy) is 1. The summed E-state index contributed by atoms with van der Waals surface area (Å²) < 4.78 is 5.06. The van der Waals surface area contributed by atoms with E-state index >= 15 is 0 Å². The second kappa shape index (κ2) is 7.92. The Hall–Kier alpha value is -3.15. The largest absolute Gasteiger partial charge is 0.497 e. The molecular weight excluding hydrogens is 306 g/mol. The SMILES string of the molecule is CNC(=O)c1ccccc1C(=N)CC(=O)Nc1ccc(OC)cc1. The number of anilines is 1. The van der Waals surface area contributed by atoms with Crippen molar-refractivity contribution in [1.29, 1.82) is 5.41 Å².